The van der Waals surface area contributed by atoms with Crippen LogP contribution in [0.15, 0.2) is 18.3 Å². The lowest BCUT2D eigenvalue weighted by Gasteiger charge is -2.10. The number of hydrogen-bond acceptors (Lipinski definition) is 3. The van der Waals surface area contributed by atoms with Gasteiger partial charge in [0.05, 0.1) is 5.56 Å². The number of anilines is 1. The Bertz CT molecular complexity index is 634. The van der Waals surface area contributed by atoms with Crippen LogP contribution in [-0.4, -0.2) is 4.98 Å². The predicted octanol–water partition coefficient (Wildman–Crippen LogP) is 2.94. The molecular weight excluding hydrogens is 283 g/mol. The topological polar surface area (TPSA) is 48.1 Å². The van der Waals surface area contributed by atoms with Gasteiger partial charge in [0, 0.05) is 6.20 Å². The van der Waals surface area contributed by atoms with E-state index in [-0.39, 0.29) is 11.6 Å². The van der Waals surface area contributed by atoms with Crippen LogP contribution in [0.25, 0.3) is 0 Å². The Kier molecular flexibility index (Phi) is 3.73. The number of aromatic nitrogens is 1. The maximum atomic E-state index is 13.4. The molecule has 8 heteroatoms. The van der Waals surface area contributed by atoms with Gasteiger partial charge in [0.2, 0.25) is 5.82 Å². The Morgan fingerprint density at radius 3 is 2.05 bits per heavy atom. The van der Waals surface area contributed by atoms with Gasteiger partial charge in [-0.05, 0) is 12.1 Å². The van der Waals surface area contributed by atoms with E-state index in [1.54, 1.807) is 0 Å². The van der Waals surface area contributed by atoms with E-state index in [0.29, 0.717) is 0 Å². The molecule has 2 rings (SSSR count). The second-order valence-corrected chi connectivity index (χ2v) is 3.72. The van der Waals surface area contributed by atoms with Gasteiger partial charge >= 0.3 is 0 Å². The summed E-state index contributed by atoms with van der Waals surface area (Å²) in [5.74, 6) is -10.3. The van der Waals surface area contributed by atoms with Crippen LogP contribution in [0, 0.1) is 29.1 Å². The van der Waals surface area contributed by atoms with Gasteiger partial charge in [0.15, 0.2) is 34.8 Å². The quantitative estimate of drug-likeness (QED) is 0.537. The molecule has 2 N–H and O–H groups in total. The van der Waals surface area contributed by atoms with Gasteiger partial charge in [-0.3, -0.25) is 0 Å². The molecule has 0 radical (unpaired) electrons. The molecule has 1 aromatic carbocycles. The Hall–Kier alpha value is -2.38. The molecule has 106 valence electrons. The lowest BCUT2D eigenvalue weighted by molar-refractivity contribution is 0.280. The van der Waals surface area contributed by atoms with Crippen LogP contribution in [0.2, 0.25) is 0 Å². The van der Waals surface area contributed by atoms with Crippen LogP contribution < -0.4 is 10.5 Å². The fourth-order valence-corrected chi connectivity index (χ4v) is 1.45. The highest BCUT2D eigenvalue weighted by atomic mass is 19.2. The molecule has 0 aliphatic rings. The number of nitrogens with two attached hydrogens (primary N) is 1. The molecule has 0 bridgehead atoms. The largest absolute Gasteiger partial charge is 0.485 e. The Morgan fingerprint density at radius 2 is 1.50 bits per heavy atom. The maximum absolute atomic E-state index is 13.4. The summed E-state index contributed by atoms with van der Waals surface area (Å²) in [6.07, 6.45) is 1.35. The van der Waals surface area contributed by atoms with Crippen molar-refractivity contribution in [1.82, 2.24) is 4.98 Å². The van der Waals surface area contributed by atoms with Crippen molar-refractivity contribution >= 4 is 5.82 Å². The van der Waals surface area contributed by atoms with Crippen molar-refractivity contribution in [2.24, 2.45) is 0 Å². The zero-order chi connectivity index (χ0) is 14.9. The number of hydrogen-bond donors (Lipinski definition) is 1. The summed E-state index contributed by atoms with van der Waals surface area (Å²) >= 11 is 0. The standard InChI is InChI=1S/C12H7F5N2O/c13-7-5(8(14)10(16)11(17)9(7)15)4-20-6-2-1-3-19-12(6)18/h1-3H,4H2,(H2,18,19). The van der Waals surface area contributed by atoms with Gasteiger partial charge in [0.25, 0.3) is 0 Å². The molecule has 20 heavy (non-hydrogen) atoms. The van der Waals surface area contributed by atoms with Gasteiger partial charge < -0.3 is 10.5 Å². The summed E-state index contributed by atoms with van der Waals surface area (Å²) < 4.78 is 70.4. The monoisotopic (exact) mass is 290 g/mol. The molecule has 1 aromatic heterocycles. The number of pyridine rings is 1. The molecule has 0 amide bonds. The number of halogens is 5. The van der Waals surface area contributed by atoms with Crippen LogP contribution in [-0.2, 0) is 6.61 Å². The maximum Gasteiger partial charge on any atom is 0.200 e. The first-order valence-corrected chi connectivity index (χ1v) is 5.27. The Balaban J connectivity index is 2.33. The minimum absolute atomic E-state index is 0.0311. The first-order chi connectivity index (χ1) is 9.43. The van der Waals surface area contributed by atoms with Gasteiger partial charge in [-0.2, -0.15) is 0 Å². The summed E-state index contributed by atoms with van der Waals surface area (Å²) in [5.41, 5.74) is 4.33. The molecule has 0 aliphatic heterocycles. The van der Waals surface area contributed by atoms with Crippen molar-refractivity contribution in [3.63, 3.8) is 0 Å². The smallest absolute Gasteiger partial charge is 0.200 e. The van der Waals surface area contributed by atoms with Crippen molar-refractivity contribution < 1.29 is 26.7 Å². The lowest BCUT2D eigenvalue weighted by Crippen LogP contribution is -2.10. The molecule has 0 saturated carbocycles. The molecule has 0 spiro atoms. The lowest BCUT2D eigenvalue weighted by atomic mass is 10.2. The van der Waals surface area contributed by atoms with E-state index in [1.807, 2.05) is 0 Å². The van der Waals surface area contributed by atoms with Gasteiger partial charge in [-0.1, -0.05) is 0 Å². The molecule has 1 heterocycles. The van der Waals surface area contributed by atoms with E-state index < -0.39 is 41.3 Å². The van der Waals surface area contributed by atoms with Crippen LogP contribution >= 0.6 is 0 Å². The highest BCUT2D eigenvalue weighted by molar-refractivity contribution is 5.44. The molecule has 0 saturated heterocycles. The molecule has 0 unspecified atom stereocenters. The number of rotatable bonds is 3. The first-order valence-electron chi connectivity index (χ1n) is 5.27. The predicted molar refractivity (Wildman–Crippen MR) is 59.2 cm³/mol. The molecule has 0 atom stereocenters. The molecule has 0 fully saturated rings. The highest BCUT2D eigenvalue weighted by Gasteiger charge is 2.26. The Morgan fingerprint density at radius 1 is 0.950 bits per heavy atom. The summed E-state index contributed by atoms with van der Waals surface area (Å²) in [4.78, 5) is 3.64. The summed E-state index contributed by atoms with van der Waals surface area (Å²) in [6.45, 7) is -0.873. The van der Waals surface area contributed by atoms with Gasteiger partial charge in [-0.25, -0.2) is 26.9 Å². The van der Waals surface area contributed by atoms with E-state index >= 15 is 0 Å². The number of ether oxygens (including phenoxy) is 1. The SMILES string of the molecule is Nc1ncccc1OCc1c(F)c(F)c(F)c(F)c1F. The second kappa shape index (κ2) is 5.32. The third-order valence-electron chi connectivity index (χ3n) is 2.47. The van der Waals surface area contributed by atoms with Crippen LogP contribution in [0.4, 0.5) is 27.8 Å². The van der Waals surface area contributed by atoms with Crippen LogP contribution in [0.1, 0.15) is 5.56 Å². The van der Waals surface area contributed by atoms with E-state index in [9.17, 15) is 22.0 Å². The van der Waals surface area contributed by atoms with Crippen molar-refractivity contribution in [2.75, 3.05) is 5.73 Å². The van der Waals surface area contributed by atoms with Gasteiger partial charge in [0.1, 0.15) is 6.61 Å². The number of nitrogen functional groups attached to an aromatic ring is 1. The second-order valence-electron chi connectivity index (χ2n) is 3.72. The van der Waals surface area contributed by atoms with Crippen molar-refractivity contribution in [1.29, 1.82) is 0 Å². The molecule has 0 aliphatic carbocycles. The van der Waals surface area contributed by atoms with Crippen molar-refractivity contribution in [2.45, 2.75) is 6.61 Å². The van der Waals surface area contributed by atoms with Crippen LogP contribution in [0.3, 0.4) is 0 Å². The summed E-state index contributed by atoms with van der Waals surface area (Å²) in [6, 6.07) is 2.78. The normalized spacial score (nSPS) is 10.7. The minimum atomic E-state index is -2.22. The fourth-order valence-electron chi connectivity index (χ4n) is 1.45. The zero-order valence-corrected chi connectivity index (χ0v) is 9.76. The van der Waals surface area contributed by atoms with E-state index in [1.165, 1.54) is 18.3 Å². The van der Waals surface area contributed by atoms with E-state index in [2.05, 4.69) is 4.98 Å². The van der Waals surface area contributed by atoms with Crippen molar-refractivity contribution in [3.8, 4) is 5.75 Å². The molecular formula is C12H7F5N2O. The van der Waals surface area contributed by atoms with Gasteiger partial charge in [-0.15, -0.1) is 0 Å². The fraction of sp³-hybridized carbons (Fsp3) is 0.0833. The van der Waals surface area contributed by atoms with E-state index in [4.69, 9.17) is 10.5 Å². The number of nitrogens with zero attached hydrogens (tertiary/aromatic N) is 1. The molecule has 3 nitrogen and oxygen atoms in total. The minimum Gasteiger partial charge on any atom is -0.485 e. The highest BCUT2D eigenvalue weighted by Crippen LogP contribution is 2.25. The average Bonchev–Trinajstić information content (AvgIpc) is 2.45. The first kappa shape index (κ1) is 14.0. The van der Waals surface area contributed by atoms with Crippen molar-refractivity contribution in [3.05, 3.63) is 53.0 Å². The zero-order valence-electron chi connectivity index (χ0n) is 9.76. The Labute approximate surface area is 109 Å². The summed E-state index contributed by atoms with van der Waals surface area (Å²) in [7, 11) is 0. The van der Waals surface area contributed by atoms with Crippen LogP contribution in [0.5, 0.6) is 5.75 Å². The molecule has 2 aromatic rings. The number of benzene rings is 1. The third-order valence-corrected chi connectivity index (χ3v) is 2.47. The average molecular weight is 290 g/mol. The van der Waals surface area contributed by atoms with E-state index in [0.717, 1.165) is 0 Å². The summed E-state index contributed by atoms with van der Waals surface area (Å²) in [5, 5.41) is 0. The third kappa shape index (κ3) is 2.36.